The van der Waals surface area contributed by atoms with Gasteiger partial charge < -0.3 is 25.0 Å². The van der Waals surface area contributed by atoms with Crippen LogP contribution in [0.25, 0.3) is 0 Å². The van der Waals surface area contributed by atoms with Gasteiger partial charge in [0.15, 0.2) is 0 Å². The van der Waals surface area contributed by atoms with Gasteiger partial charge >= 0.3 is 6.09 Å². The fourth-order valence-electron chi connectivity index (χ4n) is 3.79. The molecular weight excluding hydrogens is 487 g/mol. The van der Waals surface area contributed by atoms with E-state index in [4.69, 9.17) is 21.4 Å². The molecule has 9 nitrogen and oxygen atoms in total. The number of carbonyl (C=O) groups excluding carboxylic acids is 3. The van der Waals surface area contributed by atoms with Crippen molar-refractivity contribution >= 4 is 52.2 Å². The van der Waals surface area contributed by atoms with Crippen molar-refractivity contribution in [1.29, 1.82) is 0 Å². The molecule has 34 heavy (non-hydrogen) atoms. The molecule has 0 saturated carbocycles. The summed E-state index contributed by atoms with van der Waals surface area (Å²) >= 11 is 6.99. The van der Waals surface area contributed by atoms with Gasteiger partial charge in [0.1, 0.15) is 18.5 Å². The van der Waals surface area contributed by atoms with Crippen LogP contribution in [0.2, 0.25) is 4.34 Å². The zero-order chi connectivity index (χ0) is 23.5. The van der Waals surface area contributed by atoms with Gasteiger partial charge in [-0.05, 0) is 30.3 Å². The number of aliphatic hydroxyl groups is 1. The maximum atomic E-state index is 14.9. The second kappa shape index (κ2) is 11.0. The predicted molar refractivity (Wildman–Crippen MR) is 128 cm³/mol. The Bertz CT molecular complexity index is 1060. The zero-order valence-electron chi connectivity index (χ0n) is 17.5. The summed E-state index contributed by atoms with van der Waals surface area (Å²) in [6, 6.07) is 7.75. The third-order valence-electron chi connectivity index (χ3n) is 5.51. The van der Waals surface area contributed by atoms with Crippen molar-refractivity contribution in [2.75, 3.05) is 55.7 Å². The lowest BCUT2D eigenvalue weighted by atomic mass is 10.2. The average molecular weight is 513 g/mol. The summed E-state index contributed by atoms with van der Waals surface area (Å²) in [5.41, 5.74) is 0.732. The first-order chi connectivity index (χ1) is 15.9. The lowest BCUT2D eigenvalue weighted by Crippen LogP contribution is -2.49. The number of anilines is 2. The second-order valence-corrected chi connectivity index (χ2v) is 9.31. The Morgan fingerprint density at radius 1 is 1.21 bits per heavy atom. The van der Waals surface area contributed by atoms with E-state index >= 15 is 0 Å². The highest BCUT2D eigenvalue weighted by Crippen LogP contribution is 2.28. The van der Waals surface area contributed by atoms with Gasteiger partial charge in [0.25, 0.3) is 5.91 Å². The van der Waals surface area contributed by atoms with Gasteiger partial charge in [-0.2, -0.15) is 0 Å². The van der Waals surface area contributed by atoms with Crippen LogP contribution in [0.4, 0.5) is 20.6 Å². The maximum Gasteiger partial charge on any atom is 0.414 e. The molecule has 2 aromatic rings. The molecule has 2 saturated heterocycles. The molecule has 4 rings (SSSR count). The molecule has 2 aliphatic heterocycles. The van der Waals surface area contributed by atoms with Crippen molar-refractivity contribution in [3.8, 4) is 0 Å². The van der Waals surface area contributed by atoms with E-state index < -0.39 is 24.6 Å². The Kier molecular flexibility index (Phi) is 8.34. The highest BCUT2D eigenvalue weighted by atomic mass is 35.5. The van der Waals surface area contributed by atoms with Crippen molar-refractivity contribution in [2.24, 2.45) is 0 Å². The van der Waals surface area contributed by atoms with Gasteiger partial charge in [-0.1, -0.05) is 19.0 Å². The molecule has 1 aromatic carbocycles. The molecule has 2 fully saturated rings. The third kappa shape index (κ3) is 5.60. The first-order valence-corrected chi connectivity index (χ1v) is 11.5. The number of piperazine rings is 1. The highest BCUT2D eigenvalue weighted by molar-refractivity contribution is 7.18. The van der Waals surface area contributed by atoms with Crippen LogP contribution in [0.15, 0.2) is 30.3 Å². The van der Waals surface area contributed by atoms with Crippen molar-refractivity contribution in [3.05, 3.63) is 45.4 Å². The number of hydrogen-bond acceptors (Lipinski definition) is 7. The van der Waals surface area contributed by atoms with Crippen molar-refractivity contribution in [3.63, 3.8) is 0 Å². The number of ether oxygens (including phenoxy) is 1. The molecule has 0 radical (unpaired) electrons. The standard InChI is InChI=1S/C21H22ClFN4O5S.CH4/c22-18-4-3-17(33-18)20(30)24-10-14-11-27(21(31)32-14)13-1-2-16(15(23)9-13)25-5-7-26(8-6-25)19(29)12-28;/h1-4,9,14,28H,5-8,10-12H2,(H,24,30);1H4/t14-;/m0./s1. The molecular formula is C22H26ClFN4O5S. The number of nitrogens with zero attached hydrogens (tertiary/aromatic N) is 3. The number of amides is 3. The number of thiophene rings is 1. The van der Waals surface area contributed by atoms with E-state index in [9.17, 15) is 18.8 Å². The fourth-order valence-corrected chi connectivity index (χ4v) is 4.75. The monoisotopic (exact) mass is 512 g/mol. The summed E-state index contributed by atoms with van der Waals surface area (Å²) < 4.78 is 20.7. The number of nitrogens with one attached hydrogen (secondary N) is 1. The Balaban J connectivity index is 0.00000324. The number of cyclic esters (lactones) is 1. The van der Waals surface area contributed by atoms with Crippen LogP contribution in [0.1, 0.15) is 17.1 Å². The minimum absolute atomic E-state index is 0. The van der Waals surface area contributed by atoms with Crippen LogP contribution >= 0.6 is 22.9 Å². The summed E-state index contributed by atoms with van der Waals surface area (Å²) in [5.74, 6) is -1.14. The average Bonchev–Trinajstić information content (AvgIpc) is 3.42. The van der Waals surface area contributed by atoms with E-state index in [-0.39, 0.29) is 32.3 Å². The number of benzene rings is 1. The number of carbonyl (C=O) groups is 3. The molecule has 0 unspecified atom stereocenters. The van der Waals surface area contributed by atoms with Crippen LogP contribution in [0.5, 0.6) is 0 Å². The number of aliphatic hydroxyl groups excluding tert-OH is 1. The van der Waals surface area contributed by atoms with Crippen LogP contribution < -0.4 is 15.1 Å². The fraction of sp³-hybridized carbons (Fsp3) is 0.409. The van der Waals surface area contributed by atoms with Gasteiger partial charge in [-0.25, -0.2) is 9.18 Å². The molecule has 1 aromatic heterocycles. The minimum atomic E-state index is -0.614. The molecule has 2 aliphatic rings. The molecule has 12 heteroatoms. The van der Waals surface area contributed by atoms with E-state index in [1.54, 1.807) is 24.3 Å². The first-order valence-electron chi connectivity index (χ1n) is 10.3. The van der Waals surface area contributed by atoms with E-state index in [2.05, 4.69) is 5.32 Å². The predicted octanol–water partition coefficient (Wildman–Crippen LogP) is 2.57. The van der Waals surface area contributed by atoms with Gasteiger partial charge in [0.2, 0.25) is 5.91 Å². The van der Waals surface area contributed by atoms with Gasteiger partial charge in [0, 0.05) is 26.2 Å². The van der Waals surface area contributed by atoms with Gasteiger partial charge in [-0.3, -0.25) is 14.5 Å². The van der Waals surface area contributed by atoms with E-state index in [0.29, 0.717) is 46.8 Å². The van der Waals surface area contributed by atoms with Crippen LogP contribution in [0, 0.1) is 5.82 Å². The van der Waals surface area contributed by atoms with Gasteiger partial charge in [0.05, 0.1) is 33.7 Å². The SMILES string of the molecule is C.O=C(NC[C@H]1CN(c2ccc(N3CCN(C(=O)CO)CC3)c(F)c2)C(=O)O1)c1ccc(Cl)s1. The van der Waals surface area contributed by atoms with Crippen LogP contribution in [-0.4, -0.2) is 79.9 Å². The molecule has 1 atom stereocenters. The normalized spacial score (nSPS) is 17.9. The quantitative estimate of drug-likeness (QED) is 0.617. The zero-order valence-corrected chi connectivity index (χ0v) is 19.1. The molecule has 3 heterocycles. The third-order valence-corrected chi connectivity index (χ3v) is 6.74. The van der Waals surface area contributed by atoms with Crippen molar-refractivity contribution < 1.29 is 28.6 Å². The number of halogens is 2. The lowest BCUT2D eigenvalue weighted by molar-refractivity contribution is -0.134. The Labute approximate surface area is 205 Å². The Morgan fingerprint density at radius 3 is 2.56 bits per heavy atom. The Hall–Kier alpha value is -2.89. The van der Waals surface area contributed by atoms with Crippen molar-refractivity contribution in [2.45, 2.75) is 13.5 Å². The summed E-state index contributed by atoms with van der Waals surface area (Å²) in [5, 5.41) is 11.7. The molecule has 0 bridgehead atoms. The summed E-state index contributed by atoms with van der Waals surface area (Å²) in [6.07, 6.45) is -1.19. The minimum Gasteiger partial charge on any atom is -0.442 e. The summed E-state index contributed by atoms with van der Waals surface area (Å²) in [7, 11) is 0. The van der Waals surface area contributed by atoms with E-state index in [1.807, 2.05) is 4.90 Å². The molecule has 0 spiro atoms. The number of hydrogen-bond donors (Lipinski definition) is 2. The molecule has 0 aliphatic carbocycles. The molecule has 2 N–H and O–H groups in total. The largest absolute Gasteiger partial charge is 0.442 e. The summed E-state index contributed by atoms with van der Waals surface area (Å²) in [4.78, 5) is 41.2. The van der Waals surface area contributed by atoms with Crippen molar-refractivity contribution in [1.82, 2.24) is 10.2 Å². The first kappa shape index (κ1) is 25.7. The molecule has 3 amide bonds. The second-order valence-electron chi connectivity index (χ2n) is 7.59. The number of rotatable bonds is 6. The maximum absolute atomic E-state index is 14.9. The van der Waals surface area contributed by atoms with Crippen LogP contribution in [0.3, 0.4) is 0 Å². The smallest absolute Gasteiger partial charge is 0.414 e. The lowest BCUT2D eigenvalue weighted by Gasteiger charge is -2.36. The topological polar surface area (TPSA) is 102 Å². The van der Waals surface area contributed by atoms with Gasteiger partial charge in [-0.15, -0.1) is 11.3 Å². The highest BCUT2D eigenvalue weighted by Gasteiger charge is 2.33. The molecule has 184 valence electrons. The van der Waals surface area contributed by atoms with Crippen LogP contribution in [-0.2, 0) is 9.53 Å². The Morgan fingerprint density at radius 2 is 1.94 bits per heavy atom. The van der Waals surface area contributed by atoms with E-state index in [0.717, 1.165) is 11.3 Å². The van der Waals surface area contributed by atoms with E-state index in [1.165, 1.54) is 15.9 Å². The summed E-state index contributed by atoms with van der Waals surface area (Å²) in [6.45, 7) is 1.41.